The molecule has 0 aliphatic rings. The average molecular weight is 271 g/mol. The first-order valence-corrected chi connectivity index (χ1v) is 5.72. The molecule has 0 aliphatic carbocycles. The van der Waals surface area contributed by atoms with Crippen LogP contribution in [0.3, 0.4) is 0 Å². The summed E-state index contributed by atoms with van der Waals surface area (Å²) in [5.74, 6) is 0.506. The number of hydrogen-bond donors (Lipinski definition) is 1. The number of hydrogen-bond acceptors (Lipinski definition) is 4. The highest BCUT2D eigenvalue weighted by molar-refractivity contribution is 5.33. The Bertz CT molecular complexity index is 551. The fourth-order valence-corrected chi connectivity index (χ4v) is 1.59. The van der Waals surface area contributed by atoms with Gasteiger partial charge < -0.3 is 9.84 Å². The van der Waals surface area contributed by atoms with E-state index >= 15 is 0 Å². The van der Waals surface area contributed by atoms with Gasteiger partial charge in [-0.2, -0.15) is 18.2 Å². The molecule has 7 heteroatoms. The first kappa shape index (κ1) is 13.4. The molecule has 0 aliphatic heterocycles. The second kappa shape index (κ2) is 5.29. The molecular formula is C12H12F3N3O. The van der Waals surface area contributed by atoms with Gasteiger partial charge in [0.25, 0.3) is 0 Å². The Labute approximate surface area is 107 Å². The molecule has 0 bridgehead atoms. The summed E-state index contributed by atoms with van der Waals surface area (Å²) >= 11 is 0. The molecule has 0 fully saturated rings. The topological polar surface area (TPSA) is 51.0 Å². The third-order valence-electron chi connectivity index (χ3n) is 2.54. The molecule has 2 rings (SSSR count). The van der Waals surface area contributed by atoms with E-state index in [2.05, 4.69) is 15.5 Å². The Morgan fingerprint density at radius 1 is 1.26 bits per heavy atom. The number of nitrogens with one attached hydrogen (secondary N) is 1. The molecule has 4 nitrogen and oxygen atoms in total. The number of nitrogens with zero attached hydrogens (tertiary/aromatic N) is 2. The van der Waals surface area contributed by atoms with Crippen molar-refractivity contribution in [3.05, 3.63) is 41.2 Å². The molecule has 1 aromatic heterocycles. The minimum atomic E-state index is -4.37. The van der Waals surface area contributed by atoms with Crippen LogP contribution in [-0.4, -0.2) is 10.1 Å². The number of aryl methyl sites for hydroxylation is 1. The van der Waals surface area contributed by atoms with Crippen molar-refractivity contribution in [2.45, 2.75) is 26.1 Å². The molecule has 0 saturated carbocycles. The molecule has 1 N–H and O–H groups in total. The van der Waals surface area contributed by atoms with E-state index in [4.69, 9.17) is 4.52 Å². The molecule has 2 aromatic rings. The molecule has 19 heavy (non-hydrogen) atoms. The predicted molar refractivity (Wildman–Crippen MR) is 62.4 cm³/mol. The maximum absolute atomic E-state index is 12.8. The fourth-order valence-electron chi connectivity index (χ4n) is 1.59. The smallest absolute Gasteiger partial charge is 0.334 e. The largest absolute Gasteiger partial charge is 0.416 e. The van der Waals surface area contributed by atoms with E-state index in [0.717, 1.165) is 6.07 Å². The normalized spacial score (nSPS) is 11.6. The van der Waals surface area contributed by atoms with Gasteiger partial charge in [-0.15, -0.1) is 0 Å². The molecule has 0 radical (unpaired) electrons. The summed E-state index contributed by atoms with van der Waals surface area (Å²) in [5, 5.41) is 6.34. The Morgan fingerprint density at radius 2 is 2.00 bits per heavy atom. The van der Waals surface area contributed by atoms with Crippen LogP contribution in [0.15, 0.2) is 28.8 Å². The van der Waals surface area contributed by atoms with Crippen molar-refractivity contribution in [1.82, 2.24) is 10.1 Å². The summed E-state index contributed by atoms with van der Waals surface area (Å²) in [4.78, 5) is 3.97. The van der Waals surface area contributed by atoms with Gasteiger partial charge in [-0.05, 0) is 11.6 Å². The summed E-state index contributed by atoms with van der Waals surface area (Å²) < 4.78 is 43.1. The predicted octanol–water partition coefficient (Wildman–Crippen LogP) is 3.26. The maximum atomic E-state index is 12.8. The Morgan fingerprint density at radius 3 is 2.63 bits per heavy atom. The zero-order valence-corrected chi connectivity index (χ0v) is 10.2. The third-order valence-corrected chi connectivity index (χ3v) is 2.54. The lowest BCUT2D eigenvalue weighted by Crippen LogP contribution is -2.11. The SMILES string of the molecule is CCc1noc(NCc2ccccc2C(F)(F)F)n1. The minimum Gasteiger partial charge on any atom is -0.334 e. The number of aromatic nitrogens is 2. The van der Waals surface area contributed by atoms with Gasteiger partial charge in [-0.1, -0.05) is 30.3 Å². The highest BCUT2D eigenvalue weighted by atomic mass is 19.4. The lowest BCUT2D eigenvalue weighted by Gasteiger charge is -2.12. The molecule has 0 amide bonds. The third kappa shape index (κ3) is 3.24. The first-order chi connectivity index (χ1) is 9.00. The number of alkyl halides is 3. The van der Waals surface area contributed by atoms with E-state index in [-0.39, 0.29) is 18.1 Å². The van der Waals surface area contributed by atoms with E-state index < -0.39 is 11.7 Å². The van der Waals surface area contributed by atoms with Gasteiger partial charge >= 0.3 is 12.2 Å². The van der Waals surface area contributed by atoms with Gasteiger partial charge in [0.15, 0.2) is 5.82 Å². The summed E-state index contributed by atoms with van der Waals surface area (Å²) in [6.07, 6.45) is -3.77. The maximum Gasteiger partial charge on any atom is 0.416 e. The molecule has 0 unspecified atom stereocenters. The van der Waals surface area contributed by atoms with Gasteiger partial charge in [0, 0.05) is 13.0 Å². The van der Waals surface area contributed by atoms with E-state index in [1.165, 1.54) is 12.1 Å². The highest BCUT2D eigenvalue weighted by Gasteiger charge is 2.32. The second-order valence-corrected chi connectivity index (χ2v) is 3.88. The van der Waals surface area contributed by atoms with Crippen LogP contribution in [0.25, 0.3) is 0 Å². The number of rotatable bonds is 4. The monoisotopic (exact) mass is 271 g/mol. The number of halogens is 3. The van der Waals surface area contributed by atoms with Crippen molar-refractivity contribution in [3.63, 3.8) is 0 Å². The fraction of sp³-hybridized carbons (Fsp3) is 0.333. The summed E-state index contributed by atoms with van der Waals surface area (Å²) in [7, 11) is 0. The summed E-state index contributed by atoms with van der Waals surface area (Å²) in [6, 6.07) is 5.48. The van der Waals surface area contributed by atoms with Gasteiger partial charge in [0.1, 0.15) is 0 Å². The Balaban J connectivity index is 2.11. The van der Waals surface area contributed by atoms with Crippen molar-refractivity contribution in [1.29, 1.82) is 0 Å². The Hall–Kier alpha value is -2.05. The van der Waals surface area contributed by atoms with E-state index in [1.807, 2.05) is 6.92 Å². The molecule has 0 spiro atoms. The van der Waals surface area contributed by atoms with Gasteiger partial charge in [0.2, 0.25) is 0 Å². The van der Waals surface area contributed by atoms with Crippen LogP contribution in [0, 0.1) is 0 Å². The van der Waals surface area contributed by atoms with Crippen molar-refractivity contribution in [3.8, 4) is 0 Å². The lowest BCUT2D eigenvalue weighted by molar-refractivity contribution is -0.138. The molecule has 1 aromatic carbocycles. The van der Waals surface area contributed by atoms with Crippen molar-refractivity contribution >= 4 is 6.01 Å². The lowest BCUT2D eigenvalue weighted by atomic mass is 10.1. The van der Waals surface area contributed by atoms with E-state index in [0.29, 0.717) is 12.2 Å². The number of benzene rings is 1. The molecule has 0 saturated heterocycles. The minimum absolute atomic E-state index is 0.0268. The van der Waals surface area contributed by atoms with Crippen LogP contribution in [0.1, 0.15) is 23.9 Å². The molecule has 0 atom stereocenters. The van der Waals surface area contributed by atoms with Gasteiger partial charge in [-0.25, -0.2) is 0 Å². The van der Waals surface area contributed by atoms with Crippen LogP contribution in [0.2, 0.25) is 0 Å². The van der Waals surface area contributed by atoms with Crippen molar-refractivity contribution in [2.24, 2.45) is 0 Å². The van der Waals surface area contributed by atoms with Crippen LogP contribution in [0.4, 0.5) is 19.2 Å². The van der Waals surface area contributed by atoms with Crippen molar-refractivity contribution < 1.29 is 17.7 Å². The molecular weight excluding hydrogens is 259 g/mol. The quantitative estimate of drug-likeness (QED) is 0.927. The van der Waals surface area contributed by atoms with Crippen LogP contribution in [-0.2, 0) is 19.1 Å². The molecule has 1 heterocycles. The van der Waals surface area contributed by atoms with Crippen LogP contribution >= 0.6 is 0 Å². The average Bonchev–Trinajstić information content (AvgIpc) is 2.83. The first-order valence-electron chi connectivity index (χ1n) is 5.72. The second-order valence-electron chi connectivity index (χ2n) is 3.88. The zero-order valence-electron chi connectivity index (χ0n) is 10.2. The Kier molecular flexibility index (Phi) is 3.73. The van der Waals surface area contributed by atoms with Gasteiger partial charge in [-0.3, -0.25) is 0 Å². The van der Waals surface area contributed by atoms with Crippen LogP contribution < -0.4 is 5.32 Å². The zero-order chi connectivity index (χ0) is 13.9. The van der Waals surface area contributed by atoms with Crippen molar-refractivity contribution in [2.75, 3.05) is 5.32 Å². The highest BCUT2D eigenvalue weighted by Crippen LogP contribution is 2.32. The summed E-state index contributed by atoms with van der Waals surface area (Å²) in [6.45, 7) is 1.83. The standard InChI is InChI=1S/C12H12F3N3O/c1-2-10-17-11(19-18-10)16-7-8-5-3-4-6-9(8)12(13,14)15/h3-6H,2,7H2,1H3,(H,16,17,18). The van der Waals surface area contributed by atoms with E-state index in [1.54, 1.807) is 6.07 Å². The number of anilines is 1. The molecule has 102 valence electrons. The van der Waals surface area contributed by atoms with E-state index in [9.17, 15) is 13.2 Å². The van der Waals surface area contributed by atoms with Gasteiger partial charge in [0.05, 0.1) is 5.56 Å². The van der Waals surface area contributed by atoms with Crippen LogP contribution in [0.5, 0.6) is 0 Å². The summed E-state index contributed by atoms with van der Waals surface area (Å²) in [5.41, 5.74) is -0.538.